The third kappa shape index (κ3) is 7.19. The van der Waals surface area contributed by atoms with Crippen LogP contribution in [0.4, 0.5) is 5.69 Å². The van der Waals surface area contributed by atoms with Gasteiger partial charge >= 0.3 is 0 Å². The van der Waals surface area contributed by atoms with Crippen LogP contribution in [-0.2, 0) is 6.61 Å². The minimum absolute atomic E-state index is 0.277. The van der Waals surface area contributed by atoms with Gasteiger partial charge in [-0.25, -0.2) is 5.43 Å². The van der Waals surface area contributed by atoms with E-state index >= 15 is 0 Å². The summed E-state index contributed by atoms with van der Waals surface area (Å²) in [5.74, 6) is 0.425. The molecule has 1 heterocycles. The Hall–Kier alpha value is -4.14. The van der Waals surface area contributed by atoms with E-state index in [1.165, 1.54) is 17.6 Å². The van der Waals surface area contributed by atoms with Crippen molar-refractivity contribution in [2.75, 3.05) is 11.9 Å². The van der Waals surface area contributed by atoms with Crippen molar-refractivity contribution in [3.8, 4) is 11.5 Å². The second kappa shape index (κ2) is 12.7. The van der Waals surface area contributed by atoms with E-state index in [1.807, 2.05) is 42.6 Å². The summed E-state index contributed by atoms with van der Waals surface area (Å²) in [7, 11) is 0. The summed E-state index contributed by atoms with van der Waals surface area (Å²) in [5.41, 5.74) is 4.90. The van der Waals surface area contributed by atoms with Crippen molar-refractivity contribution in [3.05, 3.63) is 111 Å². The van der Waals surface area contributed by atoms with Crippen LogP contribution in [0.5, 0.6) is 11.5 Å². The minimum Gasteiger partial charge on any atom is -0.490 e. The zero-order valence-electron chi connectivity index (χ0n) is 19.9. The molecule has 0 aliphatic rings. The number of thiophene rings is 1. The maximum absolute atomic E-state index is 12.8. The molecule has 1 aromatic heterocycles. The van der Waals surface area contributed by atoms with Crippen LogP contribution in [0, 0.1) is 0 Å². The van der Waals surface area contributed by atoms with Crippen LogP contribution in [0.3, 0.4) is 0 Å². The van der Waals surface area contributed by atoms with Crippen LogP contribution in [-0.4, -0.2) is 24.6 Å². The highest BCUT2D eigenvalue weighted by molar-refractivity contribution is 7.12. The second-order valence-electron chi connectivity index (χ2n) is 7.73. The smallest absolute Gasteiger partial charge is 0.273 e. The first-order valence-corrected chi connectivity index (χ1v) is 12.7. The Balaban J connectivity index is 1.40. The number of nitrogens with zero attached hydrogens (tertiary/aromatic N) is 1. The fourth-order valence-corrected chi connectivity index (χ4v) is 4.09. The molecular formula is C28H24ClN3O4S. The molecular weight excluding hydrogens is 510 g/mol. The molecule has 4 aromatic rings. The molecule has 2 N–H and O–H groups in total. The van der Waals surface area contributed by atoms with E-state index in [-0.39, 0.29) is 5.91 Å². The molecule has 0 radical (unpaired) electrons. The largest absolute Gasteiger partial charge is 0.490 e. The first kappa shape index (κ1) is 25.9. The van der Waals surface area contributed by atoms with E-state index < -0.39 is 5.91 Å². The maximum Gasteiger partial charge on any atom is 0.273 e. The molecule has 0 bridgehead atoms. The summed E-state index contributed by atoms with van der Waals surface area (Å²) in [4.78, 5) is 25.7. The molecule has 0 saturated heterocycles. The number of hydrogen-bond donors (Lipinski definition) is 2. The summed E-state index contributed by atoms with van der Waals surface area (Å²) in [6.07, 6.45) is 1.51. The molecule has 0 aliphatic heterocycles. The highest BCUT2D eigenvalue weighted by atomic mass is 35.5. The summed E-state index contributed by atoms with van der Waals surface area (Å²) < 4.78 is 11.7. The Kier molecular flexibility index (Phi) is 8.91. The highest BCUT2D eigenvalue weighted by Gasteiger charge is 2.14. The third-order valence-electron chi connectivity index (χ3n) is 5.12. The van der Waals surface area contributed by atoms with Gasteiger partial charge in [0.15, 0.2) is 11.5 Å². The number of benzene rings is 3. The molecule has 9 heteroatoms. The molecule has 0 atom stereocenters. The van der Waals surface area contributed by atoms with E-state index in [0.29, 0.717) is 51.4 Å². The molecule has 4 rings (SSSR count). The van der Waals surface area contributed by atoms with E-state index in [9.17, 15) is 9.59 Å². The minimum atomic E-state index is -0.453. The number of carbonyl (C=O) groups excluding carboxylic acids is 2. The van der Waals surface area contributed by atoms with Gasteiger partial charge in [0.05, 0.1) is 28.9 Å². The standard InChI is InChI=1S/C28H24ClN3O4S/c1-2-35-25-16-20(11-14-24(25)36-18-19-9-12-21(29)13-10-19)17-30-32-27(33)22-6-3-4-7-23(22)31-28(34)26-8-5-15-37-26/h3-17H,2,18H2,1H3,(H,31,34)(H,32,33)/b30-17-. The van der Waals surface area contributed by atoms with Crippen LogP contribution >= 0.6 is 22.9 Å². The van der Waals surface area contributed by atoms with Gasteiger partial charge in [-0.1, -0.05) is 41.9 Å². The SMILES string of the molecule is CCOc1cc(/C=N\NC(=O)c2ccccc2NC(=O)c2cccs2)ccc1OCc1ccc(Cl)cc1. The average molecular weight is 534 g/mol. The van der Waals surface area contributed by atoms with Gasteiger partial charge in [0.2, 0.25) is 0 Å². The van der Waals surface area contributed by atoms with Crippen LogP contribution in [0.25, 0.3) is 0 Å². The van der Waals surface area contributed by atoms with Crippen molar-refractivity contribution in [2.24, 2.45) is 5.10 Å². The first-order chi connectivity index (χ1) is 18.0. The second-order valence-corrected chi connectivity index (χ2v) is 9.11. The molecule has 2 amide bonds. The number of hydrazone groups is 1. The number of carbonyl (C=O) groups is 2. The van der Waals surface area contributed by atoms with Crippen LogP contribution in [0.15, 0.2) is 89.3 Å². The molecule has 7 nitrogen and oxygen atoms in total. The number of hydrogen-bond acceptors (Lipinski definition) is 6. The monoisotopic (exact) mass is 533 g/mol. The first-order valence-electron chi connectivity index (χ1n) is 11.4. The van der Waals surface area contributed by atoms with Gasteiger partial charge in [-0.2, -0.15) is 5.10 Å². The summed E-state index contributed by atoms with van der Waals surface area (Å²) in [6.45, 7) is 2.71. The molecule has 3 aromatic carbocycles. The van der Waals surface area contributed by atoms with Gasteiger partial charge in [0.1, 0.15) is 6.61 Å². The predicted molar refractivity (Wildman–Crippen MR) is 147 cm³/mol. The molecule has 0 fully saturated rings. The molecule has 0 unspecified atom stereocenters. The summed E-state index contributed by atoms with van der Waals surface area (Å²) in [6, 6.07) is 23.1. The third-order valence-corrected chi connectivity index (χ3v) is 6.24. The van der Waals surface area contributed by atoms with Crippen molar-refractivity contribution in [3.63, 3.8) is 0 Å². The summed E-state index contributed by atoms with van der Waals surface area (Å²) >= 11 is 7.26. The van der Waals surface area contributed by atoms with Crippen molar-refractivity contribution >= 4 is 46.7 Å². The lowest BCUT2D eigenvalue weighted by atomic mass is 10.1. The fourth-order valence-electron chi connectivity index (χ4n) is 3.34. The topological polar surface area (TPSA) is 89.0 Å². The molecule has 188 valence electrons. The Morgan fingerprint density at radius 1 is 0.946 bits per heavy atom. The van der Waals surface area contributed by atoms with Gasteiger partial charge in [0, 0.05) is 5.02 Å². The van der Waals surface area contributed by atoms with Crippen molar-refractivity contribution < 1.29 is 19.1 Å². The molecule has 0 saturated carbocycles. The van der Waals surface area contributed by atoms with Crippen LogP contribution in [0.2, 0.25) is 5.02 Å². The van der Waals surface area contributed by atoms with E-state index in [0.717, 1.165) is 5.56 Å². The van der Waals surface area contributed by atoms with Gasteiger partial charge in [-0.3, -0.25) is 9.59 Å². The maximum atomic E-state index is 12.8. The van der Waals surface area contributed by atoms with Gasteiger partial charge in [-0.05, 0) is 72.0 Å². The van der Waals surface area contributed by atoms with Gasteiger partial charge in [0.25, 0.3) is 11.8 Å². The number of anilines is 1. The van der Waals surface area contributed by atoms with Gasteiger partial charge in [-0.15, -0.1) is 11.3 Å². The van der Waals surface area contributed by atoms with E-state index in [1.54, 1.807) is 48.5 Å². The molecule has 0 aliphatic carbocycles. The number of para-hydroxylation sites is 1. The lowest BCUT2D eigenvalue weighted by Gasteiger charge is -2.13. The lowest BCUT2D eigenvalue weighted by molar-refractivity contribution is 0.0956. The normalized spacial score (nSPS) is 10.8. The number of halogens is 1. The number of amides is 2. The van der Waals surface area contributed by atoms with E-state index in [2.05, 4.69) is 15.8 Å². The zero-order valence-corrected chi connectivity index (χ0v) is 21.5. The lowest BCUT2D eigenvalue weighted by Crippen LogP contribution is -2.21. The van der Waals surface area contributed by atoms with Crippen LogP contribution < -0.4 is 20.2 Å². The molecule has 37 heavy (non-hydrogen) atoms. The van der Waals surface area contributed by atoms with Crippen molar-refractivity contribution in [2.45, 2.75) is 13.5 Å². The van der Waals surface area contributed by atoms with Crippen LogP contribution in [0.1, 0.15) is 38.1 Å². The number of rotatable bonds is 10. The number of ether oxygens (including phenoxy) is 2. The Morgan fingerprint density at radius 2 is 1.76 bits per heavy atom. The Bertz CT molecular complexity index is 1390. The zero-order chi connectivity index (χ0) is 26.0. The predicted octanol–water partition coefficient (Wildman–Crippen LogP) is 6.40. The quantitative estimate of drug-likeness (QED) is 0.182. The van der Waals surface area contributed by atoms with Gasteiger partial charge < -0.3 is 14.8 Å². The summed E-state index contributed by atoms with van der Waals surface area (Å²) in [5, 5.41) is 9.34. The Labute approximate surface area is 223 Å². The van der Waals surface area contributed by atoms with Crippen molar-refractivity contribution in [1.82, 2.24) is 5.43 Å². The van der Waals surface area contributed by atoms with Crippen molar-refractivity contribution in [1.29, 1.82) is 0 Å². The average Bonchev–Trinajstić information content (AvgIpc) is 3.45. The van der Waals surface area contributed by atoms with E-state index in [4.69, 9.17) is 21.1 Å². The highest BCUT2D eigenvalue weighted by Crippen LogP contribution is 2.29. The Morgan fingerprint density at radius 3 is 2.51 bits per heavy atom. The fraction of sp³-hybridized carbons (Fsp3) is 0.107. The molecule has 0 spiro atoms. The number of nitrogens with one attached hydrogen (secondary N) is 2.